The van der Waals surface area contributed by atoms with Crippen LogP contribution in [0.2, 0.25) is 5.02 Å². The van der Waals surface area contributed by atoms with Gasteiger partial charge in [0.15, 0.2) is 0 Å². The van der Waals surface area contributed by atoms with Gasteiger partial charge in [-0.05, 0) is 68.5 Å². The molecule has 0 fully saturated rings. The number of benzene rings is 1. The average Bonchev–Trinajstić information content (AvgIpc) is 2.68. The van der Waals surface area contributed by atoms with E-state index in [1.807, 2.05) is 12.4 Å². The fourth-order valence-electron chi connectivity index (χ4n) is 2.48. The van der Waals surface area contributed by atoms with E-state index in [1.54, 1.807) is 18.2 Å². The van der Waals surface area contributed by atoms with E-state index in [9.17, 15) is 0 Å². The van der Waals surface area contributed by atoms with Gasteiger partial charge in [0.05, 0.1) is 5.71 Å². The van der Waals surface area contributed by atoms with Crippen LogP contribution in [0.5, 0.6) is 0 Å². The van der Waals surface area contributed by atoms with Crippen LogP contribution < -0.4 is 10.5 Å². The number of pyridine rings is 1. The third kappa shape index (κ3) is 7.15. The molecule has 0 aliphatic carbocycles. The first-order chi connectivity index (χ1) is 13.4. The van der Waals surface area contributed by atoms with Crippen LogP contribution in [0.15, 0.2) is 64.9 Å². The van der Waals surface area contributed by atoms with E-state index in [0.717, 1.165) is 23.3 Å². The van der Waals surface area contributed by atoms with Crippen LogP contribution in [-0.4, -0.2) is 17.2 Å². The highest BCUT2D eigenvalue weighted by atomic mass is 35.5. The molecule has 4 nitrogen and oxygen atoms in total. The number of nitrogens with zero attached hydrogens (tertiary/aromatic N) is 1. The fraction of sp³-hybridized carbons (Fsp3) is 0.273. The summed E-state index contributed by atoms with van der Waals surface area (Å²) in [5.41, 5.74) is 11.4. The Morgan fingerprint density at radius 1 is 1.21 bits per heavy atom. The second kappa shape index (κ2) is 11.1. The number of nitrogens with one attached hydrogen (secondary N) is 2. The molecule has 1 aromatic carbocycles. The van der Waals surface area contributed by atoms with Crippen molar-refractivity contribution in [3.63, 3.8) is 0 Å². The molecule has 0 spiro atoms. The zero-order valence-electron chi connectivity index (χ0n) is 16.6. The molecule has 148 valence electrons. The van der Waals surface area contributed by atoms with Gasteiger partial charge in [0.2, 0.25) is 0 Å². The minimum absolute atomic E-state index is 0.374. The van der Waals surface area contributed by atoms with E-state index in [-0.39, 0.29) is 0 Å². The number of nitrogens with two attached hydrogens (primary N) is 1. The average molecular weight is 415 g/mol. The number of halogens is 1. The third-order valence-electron chi connectivity index (χ3n) is 4.24. The van der Waals surface area contributed by atoms with Gasteiger partial charge in [-0.2, -0.15) is 0 Å². The molecular weight excluding hydrogens is 388 g/mol. The van der Waals surface area contributed by atoms with Crippen molar-refractivity contribution in [3.05, 3.63) is 76.1 Å². The molecule has 6 heteroatoms. The van der Waals surface area contributed by atoms with Crippen molar-refractivity contribution in [2.24, 2.45) is 0 Å². The highest BCUT2D eigenvalue weighted by molar-refractivity contribution is 7.97. The molecule has 0 amide bonds. The Labute approximate surface area is 176 Å². The molecular formula is C22H27ClN4S. The summed E-state index contributed by atoms with van der Waals surface area (Å²) >= 11 is 7.46. The molecule has 0 unspecified atom stereocenters. The molecule has 28 heavy (non-hydrogen) atoms. The van der Waals surface area contributed by atoms with Gasteiger partial charge >= 0.3 is 0 Å². The molecule has 0 radical (unpaired) electrons. The molecule has 0 aliphatic heterocycles. The second-order valence-electron chi connectivity index (χ2n) is 6.72. The molecule has 0 bridgehead atoms. The van der Waals surface area contributed by atoms with Gasteiger partial charge in [0.25, 0.3) is 0 Å². The quantitative estimate of drug-likeness (QED) is 0.209. The van der Waals surface area contributed by atoms with Gasteiger partial charge in [-0.1, -0.05) is 41.8 Å². The van der Waals surface area contributed by atoms with Crippen LogP contribution in [0.3, 0.4) is 0 Å². The molecule has 1 heterocycles. The zero-order valence-corrected chi connectivity index (χ0v) is 18.1. The van der Waals surface area contributed by atoms with Crippen molar-refractivity contribution >= 4 is 34.9 Å². The third-order valence-corrected chi connectivity index (χ3v) is 5.22. The van der Waals surface area contributed by atoms with Crippen molar-refractivity contribution < 1.29 is 0 Å². The van der Waals surface area contributed by atoms with Crippen LogP contribution in [0.25, 0.3) is 0 Å². The first kappa shape index (κ1) is 22.2. The molecule has 0 saturated heterocycles. The summed E-state index contributed by atoms with van der Waals surface area (Å²) in [7, 11) is 0. The standard InChI is InChI=1S/C22H27ClN4S/c1-4-15(2)5-6-16(3)9-17-10-19(13-26-12-17)28-27-14-22(25)20-11-18(23)7-8-21(20)24/h5-8,10-13,25,27H,4,9,14,24H2,1-3H3/b15-5+,16-6+,25-22?. The summed E-state index contributed by atoms with van der Waals surface area (Å²) in [4.78, 5) is 5.35. The van der Waals surface area contributed by atoms with Gasteiger partial charge in [-0.15, -0.1) is 0 Å². The predicted octanol–water partition coefficient (Wildman–Crippen LogP) is 5.83. The summed E-state index contributed by atoms with van der Waals surface area (Å²) in [5.74, 6) is 0. The van der Waals surface area contributed by atoms with Crippen LogP contribution >= 0.6 is 23.5 Å². The van der Waals surface area contributed by atoms with Gasteiger partial charge in [-0.3, -0.25) is 9.71 Å². The molecule has 0 saturated carbocycles. The van der Waals surface area contributed by atoms with Crippen molar-refractivity contribution in [1.29, 1.82) is 5.41 Å². The molecule has 2 rings (SSSR count). The Bertz CT molecular complexity index is 890. The Hall–Kier alpha value is -2.08. The number of aromatic nitrogens is 1. The number of allylic oxidation sites excluding steroid dienone is 4. The maximum absolute atomic E-state index is 8.22. The lowest BCUT2D eigenvalue weighted by molar-refractivity contribution is 1.07. The van der Waals surface area contributed by atoms with Gasteiger partial charge in [-0.25, -0.2) is 0 Å². The van der Waals surface area contributed by atoms with Crippen LogP contribution in [0, 0.1) is 5.41 Å². The van der Waals surface area contributed by atoms with Crippen molar-refractivity contribution in [2.75, 3.05) is 12.3 Å². The summed E-state index contributed by atoms with van der Waals surface area (Å²) in [6.45, 7) is 6.81. The first-order valence-corrected chi connectivity index (χ1v) is 10.4. The van der Waals surface area contributed by atoms with Gasteiger partial charge < -0.3 is 11.1 Å². The van der Waals surface area contributed by atoms with Gasteiger partial charge in [0.1, 0.15) is 0 Å². The molecule has 1 aromatic heterocycles. The summed E-state index contributed by atoms with van der Waals surface area (Å²) in [5, 5.41) is 8.80. The number of nitrogen functional groups attached to an aromatic ring is 1. The minimum atomic E-state index is 0.374. The number of hydrogen-bond acceptors (Lipinski definition) is 5. The summed E-state index contributed by atoms with van der Waals surface area (Å²) in [6.07, 6.45) is 10.00. The van der Waals surface area contributed by atoms with Crippen molar-refractivity contribution in [2.45, 2.75) is 38.5 Å². The van der Waals surface area contributed by atoms with Crippen LogP contribution in [0.1, 0.15) is 38.3 Å². The lowest BCUT2D eigenvalue weighted by Gasteiger charge is -2.09. The van der Waals surface area contributed by atoms with Gasteiger partial charge in [0, 0.05) is 40.1 Å². The first-order valence-electron chi connectivity index (χ1n) is 9.18. The summed E-state index contributed by atoms with van der Waals surface area (Å²) in [6, 6.07) is 7.29. The smallest absolute Gasteiger partial charge is 0.0554 e. The van der Waals surface area contributed by atoms with Crippen molar-refractivity contribution in [3.8, 4) is 0 Å². The largest absolute Gasteiger partial charge is 0.398 e. The fourth-order valence-corrected chi connectivity index (χ4v) is 3.36. The minimum Gasteiger partial charge on any atom is -0.398 e. The van der Waals surface area contributed by atoms with E-state index in [0.29, 0.717) is 28.5 Å². The molecule has 0 aliphatic rings. The Morgan fingerprint density at radius 3 is 2.71 bits per heavy atom. The maximum atomic E-state index is 8.22. The topological polar surface area (TPSA) is 74.8 Å². The lowest BCUT2D eigenvalue weighted by atomic mass is 10.1. The number of anilines is 1. The SMILES string of the molecule is CC/C(C)=C/C=C(\C)Cc1cncc(SNCC(=N)c2cc(Cl)ccc2N)c1. The lowest BCUT2D eigenvalue weighted by Crippen LogP contribution is -2.18. The van der Waals surface area contributed by atoms with E-state index in [4.69, 9.17) is 22.7 Å². The molecule has 2 aromatic rings. The Balaban J connectivity index is 1.92. The highest BCUT2D eigenvalue weighted by Crippen LogP contribution is 2.20. The monoisotopic (exact) mass is 414 g/mol. The van der Waals surface area contributed by atoms with E-state index >= 15 is 0 Å². The Kier molecular flexibility index (Phi) is 8.77. The van der Waals surface area contributed by atoms with Crippen molar-refractivity contribution in [1.82, 2.24) is 9.71 Å². The zero-order chi connectivity index (χ0) is 20.5. The maximum Gasteiger partial charge on any atom is 0.0554 e. The van der Waals surface area contributed by atoms with Crippen LogP contribution in [0.4, 0.5) is 5.69 Å². The normalized spacial score (nSPS) is 12.3. The Morgan fingerprint density at radius 2 is 1.96 bits per heavy atom. The van der Waals surface area contributed by atoms with E-state index in [2.05, 4.69) is 48.7 Å². The van der Waals surface area contributed by atoms with E-state index in [1.165, 1.54) is 23.1 Å². The summed E-state index contributed by atoms with van der Waals surface area (Å²) < 4.78 is 3.20. The number of rotatable bonds is 9. The molecule has 4 N–H and O–H groups in total. The van der Waals surface area contributed by atoms with E-state index < -0.39 is 0 Å². The highest BCUT2D eigenvalue weighted by Gasteiger charge is 2.07. The second-order valence-corrected chi connectivity index (χ2v) is 8.12. The molecule has 0 atom stereocenters. The van der Waals surface area contributed by atoms with Crippen LogP contribution in [-0.2, 0) is 6.42 Å². The predicted molar refractivity (Wildman–Crippen MR) is 122 cm³/mol. The number of hydrogen-bond donors (Lipinski definition) is 3.